The van der Waals surface area contributed by atoms with Gasteiger partial charge in [0.1, 0.15) is 0 Å². The molecule has 0 saturated heterocycles. The summed E-state index contributed by atoms with van der Waals surface area (Å²) in [6.07, 6.45) is -9.95. The number of rotatable bonds is 3. The molecule has 1 fully saturated rings. The van der Waals surface area contributed by atoms with Crippen LogP contribution >= 0.6 is 0 Å². The maximum atomic E-state index is 12.2. The van der Waals surface area contributed by atoms with Crippen molar-refractivity contribution in [2.24, 2.45) is 17.7 Å². The lowest BCUT2D eigenvalue weighted by Crippen LogP contribution is -2.54. The molecule has 1 unspecified atom stereocenters. The van der Waals surface area contributed by atoms with Crippen molar-refractivity contribution in [1.29, 1.82) is 0 Å². The monoisotopic (exact) mass is 236 g/mol. The third kappa shape index (κ3) is 2.97. The molecular formula is C7H10F6N2. The van der Waals surface area contributed by atoms with Gasteiger partial charge in [0.25, 0.3) is 0 Å². The smallest absolute Gasteiger partial charge is 0.271 e. The molecule has 0 bridgehead atoms. The van der Waals surface area contributed by atoms with Crippen LogP contribution in [0.5, 0.6) is 0 Å². The highest BCUT2D eigenvalue weighted by atomic mass is 19.4. The van der Waals surface area contributed by atoms with Crippen molar-refractivity contribution in [3.8, 4) is 0 Å². The zero-order valence-electron chi connectivity index (χ0n) is 7.49. The Hall–Kier alpha value is -0.500. The molecule has 1 atom stereocenters. The van der Waals surface area contributed by atoms with Crippen LogP contribution < -0.4 is 11.3 Å². The second-order valence-electron chi connectivity index (χ2n) is 3.59. The van der Waals surface area contributed by atoms with Gasteiger partial charge in [0.2, 0.25) is 0 Å². The zero-order valence-corrected chi connectivity index (χ0v) is 7.49. The standard InChI is InChI=1S/C7H10F6N2/c8-6(9,10)5(7(11,12)13)4(15-14)3-1-2-3/h3-5,15H,1-2,14H2. The Morgan fingerprint density at radius 3 is 1.60 bits per heavy atom. The summed E-state index contributed by atoms with van der Waals surface area (Å²) in [5.74, 6) is 0.736. The molecule has 0 radical (unpaired) electrons. The lowest BCUT2D eigenvalue weighted by atomic mass is 9.95. The maximum absolute atomic E-state index is 12.2. The molecule has 0 amide bonds. The van der Waals surface area contributed by atoms with Crippen LogP contribution in [-0.2, 0) is 0 Å². The normalized spacial score (nSPS) is 20.8. The molecule has 1 rings (SSSR count). The van der Waals surface area contributed by atoms with Gasteiger partial charge in [-0.05, 0) is 18.8 Å². The molecule has 0 spiro atoms. The zero-order chi connectivity index (χ0) is 11.9. The molecular weight excluding hydrogens is 226 g/mol. The number of nitrogens with one attached hydrogen (secondary N) is 1. The fraction of sp³-hybridized carbons (Fsp3) is 1.00. The minimum atomic E-state index is -5.32. The minimum Gasteiger partial charge on any atom is -0.271 e. The van der Waals surface area contributed by atoms with E-state index in [1.165, 1.54) is 0 Å². The Labute approximate surface area is 81.8 Å². The van der Waals surface area contributed by atoms with Crippen LogP contribution in [0.15, 0.2) is 0 Å². The van der Waals surface area contributed by atoms with Crippen LogP contribution in [0, 0.1) is 11.8 Å². The quantitative estimate of drug-likeness (QED) is 0.446. The summed E-state index contributed by atoms with van der Waals surface area (Å²) in [6, 6.07) is -1.77. The first kappa shape index (κ1) is 12.6. The molecule has 1 aliphatic carbocycles. The van der Waals surface area contributed by atoms with Crippen molar-refractivity contribution >= 4 is 0 Å². The number of hydrogen-bond acceptors (Lipinski definition) is 2. The molecule has 2 nitrogen and oxygen atoms in total. The average molecular weight is 236 g/mol. The minimum absolute atomic E-state index is 0.345. The van der Waals surface area contributed by atoms with Crippen LogP contribution in [0.4, 0.5) is 26.3 Å². The van der Waals surface area contributed by atoms with Gasteiger partial charge in [-0.3, -0.25) is 11.3 Å². The first-order valence-corrected chi connectivity index (χ1v) is 4.27. The fourth-order valence-electron chi connectivity index (χ4n) is 1.55. The second-order valence-corrected chi connectivity index (χ2v) is 3.59. The van der Waals surface area contributed by atoms with Gasteiger partial charge < -0.3 is 0 Å². The SMILES string of the molecule is NNC(C1CC1)C(C(F)(F)F)C(F)(F)F. The molecule has 0 aromatic rings. The van der Waals surface area contributed by atoms with Crippen molar-refractivity contribution in [2.75, 3.05) is 0 Å². The van der Waals surface area contributed by atoms with Crippen LogP contribution in [0.3, 0.4) is 0 Å². The summed E-state index contributed by atoms with van der Waals surface area (Å²) in [4.78, 5) is 0. The van der Waals surface area contributed by atoms with Crippen molar-refractivity contribution in [3.63, 3.8) is 0 Å². The molecule has 0 aromatic heterocycles. The van der Waals surface area contributed by atoms with Gasteiger partial charge in [0.05, 0.1) is 0 Å². The molecule has 0 aliphatic heterocycles. The number of hydrogen-bond donors (Lipinski definition) is 2. The first-order valence-electron chi connectivity index (χ1n) is 4.27. The van der Waals surface area contributed by atoms with Gasteiger partial charge in [-0.2, -0.15) is 26.3 Å². The average Bonchev–Trinajstić information content (AvgIpc) is 2.76. The van der Waals surface area contributed by atoms with Gasteiger partial charge in [-0.25, -0.2) is 0 Å². The Balaban J connectivity index is 2.88. The summed E-state index contributed by atoms with van der Waals surface area (Å²) in [7, 11) is 0. The van der Waals surface area contributed by atoms with Gasteiger partial charge in [-0.15, -0.1) is 0 Å². The summed E-state index contributed by atoms with van der Waals surface area (Å²) in [5.41, 5.74) is 1.64. The molecule has 1 saturated carbocycles. The van der Waals surface area contributed by atoms with Gasteiger partial charge in [0.15, 0.2) is 5.92 Å². The third-order valence-electron chi connectivity index (χ3n) is 2.39. The van der Waals surface area contributed by atoms with Crippen molar-refractivity contribution in [1.82, 2.24) is 5.43 Å². The predicted molar refractivity (Wildman–Crippen MR) is 39.4 cm³/mol. The second kappa shape index (κ2) is 3.82. The Morgan fingerprint density at radius 2 is 1.40 bits per heavy atom. The van der Waals surface area contributed by atoms with Crippen LogP contribution in [0.25, 0.3) is 0 Å². The Kier molecular flexibility index (Phi) is 3.20. The predicted octanol–water partition coefficient (Wildman–Crippen LogP) is 1.97. The molecule has 15 heavy (non-hydrogen) atoms. The Bertz CT molecular complexity index is 205. The van der Waals surface area contributed by atoms with Gasteiger partial charge in [0, 0.05) is 6.04 Å². The highest BCUT2D eigenvalue weighted by Crippen LogP contribution is 2.47. The van der Waals surface area contributed by atoms with Gasteiger partial charge >= 0.3 is 12.4 Å². The molecule has 1 aliphatic rings. The Morgan fingerprint density at radius 1 is 1.00 bits per heavy atom. The van der Waals surface area contributed by atoms with E-state index in [0.29, 0.717) is 12.8 Å². The highest BCUT2D eigenvalue weighted by molar-refractivity contribution is 4.95. The molecule has 90 valence electrons. The molecule has 0 heterocycles. The molecule has 8 heteroatoms. The fourth-order valence-corrected chi connectivity index (χ4v) is 1.55. The lowest BCUT2D eigenvalue weighted by molar-refractivity contribution is -0.293. The van der Waals surface area contributed by atoms with Crippen LogP contribution in [0.2, 0.25) is 0 Å². The largest absolute Gasteiger partial charge is 0.402 e. The van der Waals surface area contributed by atoms with Crippen molar-refractivity contribution in [3.05, 3.63) is 0 Å². The van der Waals surface area contributed by atoms with E-state index in [1.54, 1.807) is 5.43 Å². The topological polar surface area (TPSA) is 38.0 Å². The van der Waals surface area contributed by atoms with E-state index in [0.717, 1.165) is 0 Å². The van der Waals surface area contributed by atoms with Crippen LogP contribution in [0.1, 0.15) is 12.8 Å². The van der Waals surface area contributed by atoms with Crippen molar-refractivity contribution < 1.29 is 26.3 Å². The summed E-state index contributed by atoms with van der Waals surface area (Å²) in [6.45, 7) is 0. The van der Waals surface area contributed by atoms with Crippen LogP contribution in [-0.4, -0.2) is 18.4 Å². The van der Waals surface area contributed by atoms with E-state index >= 15 is 0 Å². The highest BCUT2D eigenvalue weighted by Gasteiger charge is 2.62. The van der Waals surface area contributed by atoms with E-state index in [9.17, 15) is 26.3 Å². The molecule has 3 N–H and O–H groups in total. The first-order chi connectivity index (χ1) is 6.68. The maximum Gasteiger partial charge on any atom is 0.402 e. The number of alkyl halides is 6. The summed E-state index contributed by atoms with van der Waals surface area (Å²) < 4.78 is 73.4. The number of halogens is 6. The number of nitrogens with two attached hydrogens (primary N) is 1. The molecule has 0 aromatic carbocycles. The number of hydrazine groups is 1. The van der Waals surface area contributed by atoms with E-state index in [1.807, 2.05) is 0 Å². The van der Waals surface area contributed by atoms with E-state index in [2.05, 4.69) is 0 Å². The third-order valence-corrected chi connectivity index (χ3v) is 2.39. The van der Waals surface area contributed by atoms with E-state index < -0.39 is 30.2 Å². The lowest BCUT2D eigenvalue weighted by Gasteiger charge is -2.30. The van der Waals surface area contributed by atoms with Crippen molar-refractivity contribution in [2.45, 2.75) is 31.2 Å². The van der Waals surface area contributed by atoms with Gasteiger partial charge in [-0.1, -0.05) is 0 Å². The summed E-state index contributed by atoms with van der Waals surface area (Å²) in [5, 5.41) is 0. The summed E-state index contributed by atoms with van der Waals surface area (Å²) >= 11 is 0. The van der Waals surface area contributed by atoms with E-state index in [4.69, 9.17) is 5.84 Å². The van der Waals surface area contributed by atoms with E-state index in [-0.39, 0.29) is 0 Å².